The lowest BCUT2D eigenvalue weighted by Crippen LogP contribution is -2.23. The van der Waals surface area contributed by atoms with Crippen LogP contribution >= 0.6 is 11.3 Å². The lowest BCUT2D eigenvalue weighted by Gasteiger charge is -2.18. The first-order valence-corrected chi connectivity index (χ1v) is 5.18. The van der Waals surface area contributed by atoms with Gasteiger partial charge in [-0.15, -0.1) is 11.3 Å². The molecule has 1 aromatic rings. The van der Waals surface area contributed by atoms with Gasteiger partial charge in [0.1, 0.15) is 10.5 Å². The maximum atomic E-state index is 11.5. The van der Waals surface area contributed by atoms with Gasteiger partial charge in [-0.3, -0.25) is 5.21 Å². The summed E-state index contributed by atoms with van der Waals surface area (Å²) in [5.74, 6) is -0.0383. The Morgan fingerprint density at radius 1 is 1.53 bits per heavy atom. The number of nitrogens with one attached hydrogen (secondary N) is 1. The molecule has 1 heterocycles. The monoisotopic (exact) mass is 231 g/mol. The number of hydrogen-bond donors (Lipinski definition) is 2. The van der Waals surface area contributed by atoms with Crippen molar-refractivity contribution in [2.24, 2.45) is 0 Å². The van der Waals surface area contributed by atoms with Crippen LogP contribution in [-0.4, -0.2) is 16.8 Å². The van der Waals surface area contributed by atoms with E-state index in [-0.39, 0.29) is 0 Å². The van der Waals surface area contributed by atoms with Gasteiger partial charge in [0.2, 0.25) is 0 Å². The third kappa shape index (κ3) is 3.86. The predicted octanol–water partition coefficient (Wildman–Crippen LogP) is 1.98. The predicted molar refractivity (Wildman–Crippen MR) is 55.0 cm³/mol. The van der Waals surface area contributed by atoms with E-state index in [1.54, 1.807) is 26.2 Å². The summed E-state index contributed by atoms with van der Waals surface area (Å²) < 4.78 is 5.15. The highest BCUT2D eigenvalue weighted by Gasteiger charge is 2.19. The zero-order chi connectivity index (χ0) is 11.5. The molecule has 0 aromatic carbocycles. The van der Waals surface area contributed by atoms with Crippen LogP contribution < -0.4 is 10.5 Å². The summed E-state index contributed by atoms with van der Waals surface area (Å²) in [5, 5.41) is 9.86. The van der Waals surface area contributed by atoms with Gasteiger partial charge in [0, 0.05) is 11.4 Å². The summed E-state index contributed by atoms with van der Waals surface area (Å²) in [7, 11) is 0. The molecule has 0 unspecified atom stereocenters. The summed E-state index contributed by atoms with van der Waals surface area (Å²) in [4.78, 5) is 16.5. The SMILES string of the molecule is CC(C)(C)OC(=O)c1cc(ONO)cs1. The van der Waals surface area contributed by atoms with E-state index in [1.807, 2.05) is 0 Å². The molecule has 1 rings (SSSR count). The maximum absolute atomic E-state index is 11.5. The second kappa shape index (κ2) is 4.61. The molecule has 0 aliphatic rings. The normalized spacial score (nSPS) is 11.2. The van der Waals surface area contributed by atoms with E-state index in [9.17, 15) is 4.79 Å². The lowest BCUT2D eigenvalue weighted by atomic mass is 10.2. The molecule has 84 valence electrons. The summed E-state index contributed by atoms with van der Waals surface area (Å²) >= 11 is 1.19. The molecule has 0 saturated heterocycles. The number of carbonyl (C=O) groups is 1. The Kier molecular flexibility index (Phi) is 3.67. The molecule has 0 aliphatic carbocycles. The zero-order valence-corrected chi connectivity index (χ0v) is 9.55. The van der Waals surface area contributed by atoms with E-state index in [0.717, 1.165) is 0 Å². The maximum Gasteiger partial charge on any atom is 0.348 e. The van der Waals surface area contributed by atoms with Gasteiger partial charge >= 0.3 is 5.97 Å². The van der Waals surface area contributed by atoms with E-state index >= 15 is 0 Å². The first kappa shape index (κ1) is 12.0. The molecule has 0 aliphatic heterocycles. The number of esters is 1. The topological polar surface area (TPSA) is 67.8 Å². The van der Waals surface area contributed by atoms with Crippen LogP contribution in [-0.2, 0) is 4.74 Å². The molecule has 15 heavy (non-hydrogen) atoms. The van der Waals surface area contributed by atoms with Gasteiger partial charge in [0.25, 0.3) is 0 Å². The highest BCUT2D eigenvalue weighted by atomic mass is 32.1. The van der Waals surface area contributed by atoms with Gasteiger partial charge in [0.15, 0.2) is 5.75 Å². The number of carbonyl (C=O) groups excluding carboxylic acids is 1. The van der Waals surface area contributed by atoms with Crippen molar-refractivity contribution in [3.8, 4) is 5.75 Å². The quantitative estimate of drug-likeness (QED) is 0.615. The molecule has 6 heteroatoms. The standard InChI is InChI=1S/C9H13NO4S/c1-9(2,3)13-8(11)7-4-6(5-15-7)14-10-12/h4-5,10,12H,1-3H3. The minimum absolute atomic E-state index is 0.364. The zero-order valence-electron chi connectivity index (χ0n) is 8.73. The minimum Gasteiger partial charge on any atom is -0.456 e. The largest absolute Gasteiger partial charge is 0.456 e. The minimum atomic E-state index is -0.517. The van der Waals surface area contributed by atoms with Crippen molar-refractivity contribution in [3.63, 3.8) is 0 Å². The molecule has 0 radical (unpaired) electrons. The van der Waals surface area contributed by atoms with Crippen LogP contribution in [0.2, 0.25) is 0 Å². The third-order valence-corrected chi connectivity index (χ3v) is 2.23. The lowest BCUT2D eigenvalue weighted by molar-refractivity contribution is -0.0433. The molecule has 5 nitrogen and oxygen atoms in total. The molecule has 0 spiro atoms. The summed E-state index contributed by atoms with van der Waals surface area (Å²) in [6, 6.07) is 1.49. The van der Waals surface area contributed by atoms with Crippen molar-refractivity contribution in [1.29, 1.82) is 0 Å². The second-order valence-electron chi connectivity index (χ2n) is 3.84. The molecule has 1 aromatic heterocycles. The Labute approximate surface area is 91.5 Å². The van der Waals surface area contributed by atoms with Crippen molar-refractivity contribution in [2.45, 2.75) is 26.4 Å². The van der Waals surface area contributed by atoms with Gasteiger partial charge in [-0.1, -0.05) is 0 Å². The number of hydrogen-bond acceptors (Lipinski definition) is 6. The Morgan fingerprint density at radius 2 is 2.20 bits per heavy atom. The molecule has 0 saturated carbocycles. The highest BCUT2D eigenvalue weighted by Crippen LogP contribution is 2.23. The van der Waals surface area contributed by atoms with Crippen LogP contribution in [0.1, 0.15) is 30.4 Å². The third-order valence-electron chi connectivity index (χ3n) is 1.34. The molecule has 0 fully saturated rings. The van der Waals surface area contributed by atoms with Gasteiger partial charge in [0.05, 0.1) is 0 Å². The van der Waals surface area contributed by atoms with Crippen LogP contribution in [0.3, 0.4) is 0 Å². The van der Waals surface area contributed by atoms with Gasteiger partial charge in [-0.05, 0) is 26.4 Å². The first-order chi connectivity index (χ1) is 6.92. The average molecular weight is 231 g/mol. The Bertz CT molecular complexity index is 342. The van der Waals surface area contributed by atoms with Crippen molar-refractivity contribution in [2.75, 3.05) is 0 Å². The van der Waals surface area contributed by atoms with Crippen LogP contribution in [0.4, 0.5) is 0 Å². The van der Waals surface area contributed by atoms with Crippen LogP contribution in [0, 0.1) is 0 Å². The number of ether oxygens (including phenoxy) is 1. The molecule has 0 atom stereocenters. The fraction of sp³-hybridized carbons (Fsp3) is 0.444. The second-order valence-corrected chi connectivity index (χ2v) is 4.75. The van der Waals surface area contributed by atoms with Gasteiger partial charge in [-0.25, -0.2) is 4.79 Å². The van der Waals surface area contributed by atoms with E-state index < -0.39 is 11.6 Å². The van der Waals surface area contributed by atoms with Crippen LogP contribution in [0.15, 0.2) is 11.4 Å². The summed E-state index contributed by atoms with van der Waals surface area (Å²) in [6.45, 7) is 5.39. The Morgan fingerprint density at radius 3 is 2.73 bits per heavy atom. The smallest absolute Gasteiger partial charge is 0.348 e. The van der Waals surface area contributed by atoms with Crippen molar-refractivity contribution in [1.82, 2.24) is 5.64 Å². The average Bonchev–Trinajstić information content (AvgIpc) is 2.50. The summed E-state index contributed by atoms with van der Waals surface area (Å²) in [5.41, 5.74) is 1.02. The van der Waals surface area contributed by atoms with Crippen molar-refractivity contribution >= 4 is 17.3 Å². The van der Waals surface area contributed by atoms with Crippen LogP contribution in [0.25, 0.3) is 0 Å². The van der Waals surface area contributed by atoms with E-state index in [4.69, 9.17) is 9.94 Å². The van der Waals surface area contributed by atoms with E-state index in [0.29, 0.717) is 10.6 Å². The summed E-state index contributed by atoms with van der Waals surface area (Å²) in [6.07, 6.45) is 0. The Balaban J connectivity index is 2.66. The number of rotatable bonds is 3. The highest BCUT2D eigenvalue weighted by molar-refractivity contribution is 7.12. The fourth-order valence-electron chi connectivity index (χ4n) is 0.860. The first-order valence-electron chi connectivity index (χ1n) is 4.30. The van der Waals surface area contributed by atoms with Crippen LogP contribution in [0.5, 0.6) is 5.75 Å². The molecular formula is C9H13NO4S. The molecule has 0 bridgehead atoms. The van der Waals surface area contributed by atoms with Gasteiger partial charge in [-0.2, -0.15) is 0 Å². The molecule has 2 N–H and O–H groups in total. The van der Waals surface area contributed by atoms with Crippen molar-refractivity contribution < 1.29 is 19.6 Å². The van der Waals surface area contributed by atoms with Gasteiger partial charge < -0.3 is 9.57 Å². The fourth-order valence-corrected chi connectivity index (χ4v) is 1.54. The number of thiophene rings is 1. The Hall–Kier alpha value is -1.11. The molecular weight excluding hydrogens is 218 g/mol. The van der Waals surface area contributed by atoms with Crippen molar-refractivity contribution in [3.05, 3.63) is 16.3 Å². The van der Waals surface area contributed by atoms with E-state index in [2.05, 4.69) is 4.84 Å². The molecule has 0 amide bonds. The van der Waals surface area contributed by atoms with E-state index in [1.165, 1.54) is 23.0 Å².